The van der Waals surface area contributed by atoms with Crippen molar-refractivity contribution in [3.8, 4) is 0 Å². The molecule has 1 aromatic carbocycles. The second-order valence-corrected chi connectivity index (χ2v) is 8.28. The van der Waals surface area contributed by atoms with Crippen LogP contribution in [0.4, 0.5) is 9.52 Å². The second kappa shape index (κ2) is 7.77. The summed E-state index contributed by atoms with van der Waals surface area (Å²) < 4.78 is 38.6. The summed E-state index contributed by atoms with van der Waals surface area (Å²) in [4.78, 5) is 11.8. The molecule has 0 fully saturated rings. The van der Waals surface area contributed by atoms with E-state index in [1.807, 2.05) is 0 Å². The number of carbonyl (C=O) groups excluding carboxylic acids is 1. The number of amides is 1. The Morgan fingerprint density at radius 2 is 1.96 bits per heavy atom. The van der Waals surface area contributed by atoms with Crippen LogP contribution in [0.2, 0.25) is 0 Å². The second-order valence-electron chi connectivity index (χ2n) is 5.06. The van der Waals surface area contributed by atoms with Crippen molar-refractivity contribution in [2.24, 2.45) is 0 Å². The minimum Gasteiger partial charge on any atom is -0.301 e. The lowest BCUT2D eigenvalue weighted by Crippen LogP contribution is -2.28. The fourth-order valence-corrected chi connectivity index (χ4v) is 3.72. The Bertz CT molecular complexity index is 806. The first-order valence-corrected chi connectivity index (χ1v) is 9.36. The normalized spacial score (nSPS) is 11.7. The highest BCUT2D eigenvalue weighted by molar-refractivity contribution is 7.89. The number of aromatic nitrogens is 2. The molecule has 130 valence electrons. The lowest BCUT2D eigenvalue weighted by molar-refractivity contribution is -0.116. The number of nitrogens with one attached hydrogen (secondary N) is 1. The Morgan fingerprint density at radius 3 is 2.54 bits per heavy atom. The average molecular weight is 372 g/mol. The topological polar surface area (TPSA) is 92.3 Å². The molecule has 1 amide bonds. The lowest BCUT2D eigenvalue weighted by atomic mass is 10.3. The highest BCUT2D eigenvalue weighted by atomic mass is 32.2. The van der Waals surface area contributed by atoms with Gasteiger partial charge in [0.05, 0.1) is 4.90 Å². The number of nitrogens with zero attached hydrogens (tertiary/aromatic N) is 3. The first-order valence-electron chi connectivity index (χ1n) is 7.11. The van der Waals surface area contributed by atoms with Crippen LogP contribution >= 0.6 is 11.3 Å². The molecular formula is C14H17FN4O3S2. The molecule has 0 unspecified atom stereocenters. The first kappa shape index (κ1) is 18.4. The van der Waals surface area contributed by atoms with Gasteiger partial charge in [0, 0.05) is 20.0 Å². The molecule has 2 aromatic rings. The molecule has 10 heteroatoms. The van der Waals surface area contributed by atoms with Crippen molar-refractivity contribution in [1.82, 2.24) is 14.5 Å². The average Bonchev–Trinajstić information content (AvgIpc) is 2.92. The Labute approximate surface area is 143 Å². The van der Waals surface area contributed by atoms with E-state index in [-0.39, 0.29) is 23.8 Å². The maximum atomic E-state index is 12.9. The van der Waals surface area contributed by atoms with Gasteiger partial charge in [-0.1, -0.05) is 11.3 Å². The van der Waals surface area contributed by atoms with Gasteiger partial charge in [-0.15, -0.1) is 10.2 Å². The number of benzene rings is 1. The van der Waals surface area contributed by atoms with Crippen LogP contribution in [0.3, 0.4) is 0 Å². The number of hydrogen-bond acceptors (Lipinski definition) is 6. The van der Waals surface area contributed by atoms with Crippen LogP contribution in [-0.4, -0.2) is 42.4 Å². The van der Waals surface area contributed by atoms with Crippen LogP contribution in [0.25, 0.3) is 0 Å². The first-order chi connectivity index (χ1) is 11.3. The van der Waals surface area contributed by atoms with Gasteiger partial charge >= 0.3 is 0 Å². The van der Waals surface area contributed by atoms with Crippen LogP contribution in [0.5, 0.6) is 0 Å². The van der Waals surface area contributed by atoms with Gasteiger partial charge in [0.25, 0.3) is 0 Å². The molecule has 0 saturated carbocycles. The zero-order valence-electron chi connectivity index (χ0n) is 13.2. The smallest absolute Gasteiger partial charge is 0.242 e. The summed E-state index contributed by atoms with van der Waals surface area (Å²) in [5.74, 6) is -0.751. The van der Waals surface area contributed by atoms with Gasteiger partial charge in [0.2, 0.25) is 21.1 Å². The van der Waals surface area contributed by atoms with E-state index >= 15 is 0 Å². The van der Waals surface area contributed by atoms with Gasteiger partial charge in [-0.3, -0.25) is 4.79 Å². The van der Waals surface area contributed by atoms with Gasteiger partial charge in [-0.25, -0.2) is 17.1 Å². The van der Waals surface area contributed by atoms with Crippen LogP contribution in [0, 0.1) is 12.7 Å². The zero-order chi connectivity index (χ0) is 17.7. The number of aryl methyl sites for hydroxylation is 1. The van der Waals surface area contributed by atoms with E-state index in [4.69, 9.17) is 0 Å². The minimum atomic E-state index is -3.69. The highest BCUT2D eigenvalue weighted by Gasteiger charge is 2.20. The van der Waals surface area contributed by atoms with Crippen LogP contribution < -0.4 is 5.32 Å². The Morgan fingerprint density at radius 1 is 1.29 bits per heavy atom. The molecule has 1 heterocycles. The summed E-state index contributed by atoms with van der Waals surface area (Å²) >= 11 is 1.27. The van der Waals surface area contributed by atoms with Crippen molar-refractivity contribution < 1.29 is 17.6 Å². The highest BCUT2D eigenvalue weighted by Crippen LogP contribution is 2.16. The Kier molecular flexibility index (Phi) is 5.97. The fraction of sp³-hybridized carbons (Fsp3) is 0.357. The van der Waals surface area contributed by atoms with Gasteiger partial charge in [-0.05, 0) is 37.6 Å². The van der Waals surface area contributed by atoms with E-state index in [9.17, 15) is 17.6 Å². The van der Waals surface area contributed by atoms with Gasteiger partial charge in [-0.2, -0.15) is 0 Å². The van der Waals surface area contributed by atoms with Crippen LogP contribution in [-0.2, 0) is 14.8 Å². The van der Waals surface area contributed by atoms with Crippen molar-refractivity contribution in [1.29, 1.82) is 0 Å². The zero-order valence-corrected chi connectivity index (χ0v) is 14.8. The maximum Gasteiger partial charge on any atom is 0.242 e. The molecule has 0 saturated heterocycles. The standard InChI is InChI=1S/C14H17FN4O3S2/c1-10-17-18-14(23-10)16-13(20)4-3-9-19(2)24(21,22)12-7-5-11(15)6-8-12/h5-8H,3-4,9H2,1-2H3,(H,16,18,20). The minimum absolute atomic E-state index is 0.0141. The molecule has 0 atom stereocenters. The predicted molar refractivity (Wildman–Crippen MR) is 88.7 cm³/mol. The summed E-state index contributed by atoms with van der Waals surface area (Å²) in [5, 5.41) is 11.4. The molecule has 2 rings (SSSR count). The number of halogens is 1. The third-order valence-electron chi connectivity index (χ3n) is 3.17. The fourth-order valence-electron chi connectivity index (χ4n) is 1.90. The van der Waals surface area contributed by atoms with E-state index in [1.165, 1.54) is 30.5 Å². The van der Waals surface area contributed by atoms with E-state index in [0.717, 1.165) is 21.4 Å². The third kappa shape index (κ3) is 4.79. The third-order valence-corrected chi connectivity index (χ3v) is 5.80. The van der Waals surface area contributed by atoms with E-state index in [1.54, 1.807) is 6.92 Å². The molecular weight excluding hydrogens is 355 g/mol. The summed E-state index contributed by atoms with van der Waals surface area (Å²) in [7, 11) is -2.27. The number of rotatable bonds is 7. The summed E-state index contributed by atoms with van der Waals surface area (Å²) in [6.45, 7) is 1.95. The lowest BCUT2D eigenvalue weighted by Gasteiger charge is -2.16. The van der Waals surface area contributed by atoms with Crippen molar-refractivity contribution in [2.75, 3.05) is 18.9 Å². The number of anilines is 1. The summed E-state index contributed by atoms with van der Waals surface area (Å²) in [5.41, 5.74) is 0. The molecule has 0 aliphatic heterocycles. The predicted octanol–water partition coefficient (Wildman–Crippen LogP) is 2.03. The Hall–Kier alpha value is -1.91. The van der Waals surface area contributed by atoms with E-state index in [2.05, 4.69) is 15.5 Å². The van der Waals surface area contributed by atoms with Crippen molar-refractivity contribution in [3.63, 3.8) is 0 Å². The summed E-state index contributed by atoms with van der Waals surface area (Å²) in [6, 6.07) is 4.62. The van der Waals surface area contributed by atoms with E-state index < -0.39 is 15.8 Å². The monoisotopic (exact) mass is 372 g/mol. The molecule has 1 aromatic heterocycles. The molecule has 24 heavy (non-hydrogen) atoms. The molecule has 0 bridgehead atoms. The van der Waals surface area contributed by atoms with Gasteiger partial charge < -0.3 is 5.32 Å². The van der Waals surface area contributed by atoms with Crippen molar-refractivity contribution in [3.05, 3.63) is 35.1 Å². The number of hydrogen-bond donors (Lipinski definition) is 1. The summed E-state index contributed by atoms with van der Waals surface area (Å²) in [6.07, 6.45) is 0.502. The van der Waals surface area contributed by atoms with Crippen LogP contribution in [0.15, 0.2) is 29.2 Å². The maximum absolute atomic E-state index is 12.9. The largest absolute Gasteiger partial charge is 0.301 e. The molecule has 0 aliphatic carbocycles. The molecule has 7 nitrogen and oxygen atoms in total. The Balaban J connectivity index is 1.84. The molecule has 0 radical (unpaired) electrons. The molecule has 0 aliphatic rings. The molecule has 1 N–H and O–H groups in total. The van der Waals surface area contributed by atoms with Crippen molar-refractivity contribution >= 4 is 32.4 Å². The number of carbonyl (C=O) groups is 1. The SMILES string of the molecule is Cc1nnc(NC(=O)CCCN(C)S(=O)(=O)c2ccc(F)cc2)s1. The van der Waals surface area contributed by atoms with Gasteiger partial charge in [0.15, 0.2) is 0 Å². The van der Waals surface area contributed by atoms with Gasteiger partial charge in [0.1, 0.15) is 10.8 Å². The molecule has 0 spiro atoms. The quantitative estimate of drug-likeness (QED) is 0.803. The van der Waals surface area contributed by atoms with Crippen LogP contribution in [0.1, 0.15) is 17.8 Å². The van der Waals surface area contributed by atoms with Crippen molar-refractivity contribution in [2.45, 2.75) is 24.7 Å². The van der Waals surface area contributed by atoms with E-state index in [0.29, 0.717) is 11.6 Å². The number of sulfonamides is 1.